The van der Waals surface area contributed by atoms with E-state index in [4.69, 9.17) is 21.1 Å². The molecule has 5 aromatic rings. The third-order valence-electron chi connectivity index (χ3n) is 6.09. The van der Waals surface area contributed by atoms with Gasteiger partial charge in [0.05, 0.1) is 24.1 Å². The van der Waals surface area contributed by atoms with Gasteiger partial charge in [-0.3, -0.25) is 9.36 Å². The first-order valence-corrected chi connectivity index (χ1v) is 14.0. The molecular weight excluding hydrogens is 544 g/mol. The molecule has 40 heavy (non-hydrogen) atoms. The van der Waals surface area contributed by atoms with Crippen LogP contribution in [-0.2, 0) is 11.2 Å². The number of carbonyl (C=O) groups excluding carboxylic acids is 1. The molecular formula is C31H27ClN4O3S. The molecule has 0 aliphatic carbocycles. The third-order valence-corrected chi connectivity index (χ3v) is 7.25. The van der Waals surface area contributed by atoms with Crippen LogP contribution in [0, 0.1) is 0 Å². The molecule has 5 rings (SSSR count). The molecule has 1 aromatic heterocycles. The topological polar surface area (TPSA) is 78.3 Å². The van der Waals surface area contributed by atoms with Gasteiger partial charge >= 0.3 is 0 Å². The maximum atomic E-state index is 12.8. The van der Waals surface area contributed by atoms with Crippen molar-refractivity contribution in [3.05, 3.63) is 108 Å². The molecule has 0 atom stereocenters. The van der Waals surface area contributed by atoms with Crippen LogP contribution >= 0.6 is 23.4 Å². The summed E-state index contributed by atoms with van der Waals surface area (Å²) in [6.07, 6.45) is 0.943. The standard InChI is InChI=1S/C31H27ClN4O3S/c1-3-21-9-12-23(13-10-21)33-29(37)20-40-31-35-34-30(27-19-22(32)11-18-28(27)38-2)36(31)24-14-16-26(17-15-24)39-25-7-5-4-6-8-25/h4-19H,3,20H2,1-2H3,(H,33,37). The number of aromatic nitrogens is 3. The number of carbonyl (C=O) groups is 1. The van der Waals surface area contributed by atoms with Crippen molar-refractivity contribution < 1.29 is 14.3 Å². The number of ether oxygens (including phenoxy) is 2. The molecule has 9 heteroatoms. The quantitative estimate of drug-likeness (QED) is 0.173. The monoisotopic (exact) mass is 570 g/mol. The van der Waals surface area contributed by atoms with Crippen LogP contribution in [0.2, 0.25) is 5.02 Å². The first-order chi connectivity index (χ1) is 19.5. The van der Waals surface area contributed by atoms with Gasteiger partial charge < -0.3 is 14.8 Å². The number of para-hydroxylation sites is 1. The van der Waals surface area contributed by atoms with Gasteiger partial charge in [0.2, 0.25) is 5.91 Å². The van der Waals surface area contributed by atoms with Crippen molar-refractivity contribution in [3.63, 3.8) is 0 Å². The summed E-state index contributed by atoms with van der Waals surface area (Å²) in [6.45, 7) is 2.09. The van der Waals surface area contributed by atoms with Gasteiger partial charge in [-0.25, -0.2) is 0 Å². The zero-order valence-electron chi connectivity index (χ0n) is 22.0. The number of aryl methyl sites for hydroxylation is 1. The zero-order valence-corrected chi connectivity index (χ0v) is 23.6. The molecule has 0 spiro atoms. The summed E-state index contributed by atoms with van der Waals surface area (Å²) in [5.74, 6) is 2.58. The van der Waals surface area contributed by atoms with E-state index in [-0.39, 0.29) is 11.7 Å². The minimum Gasteiger partial charge on any atom is -0.496 e. The highest BCUT2D eigenvalue weighted by Crippen LogP contribution is 2.36. The summed E-state index contributed by atoms with van der Waals surface area (Å²) in [5, 5.41) is 12.9. The number of halogens is 1. The van der Waals surface area contributed by atoms with E-state index in [0.717, 1.165) is 23.5 Å². The predicted molar refractivity (Wildman–Crippen MR) is 160 cm³/mol. The largest absolute Gasteiger partial charge is 0.496 e. The molecule has 0 unspecified atom stereocenters. The van der Waals surface area contributed by atoms with Crippen molar-refractivity contribution in [2.24, 2.45) is 0 Å². The summed E-state index contributed by atoms with van der Waals surface area (Å²) in [5.41, 5.74) is 3.44. The second kappa shape index (κ2) is 12.7. The number of nitrogens with zero attached hydrogens (tertiary/aromatic N) is 3. The lowest BCUT2D eigenvalue weighted by Crippen LogP contribution is -2.14. The van der Waals surface area contributed by atoms with Crippen LogP contribution in [0.4, 0.5) is 5.69 Å². The number of hydrogen-bond donors (Lipinski definition) is 1. The fraction of sp³-hybridized carbons (Fsp3) is 0.129. The molecule has 7 nitrogen and oxygen atoms in total. The molecule has 0 radical (unpaired) electrons. The van der Waals surface area contributed by atoms with Gasteiger partial charge in [0.1, 0.15) is 17.2 Å². The normalized spacial score (nSPS) is 10.8. The van der Waals surface area contributed by atoms with E-state index in [1.165, 1.54) is 17.3 Å². The number of thioether (sulfide) groups is 1. The number of rotatable bonds is 10. The first-order valence-electron chi connectivity index (χ1n) is 12.7. The number of nitrogens with one attached hydrogen (secondary N) is 1. The summed E-state index contributed by atoms with van der Waals surface area (Å²) in [4.78, 5) is 12.8. The molecule has 202 valence electrons. The lowest BCUT2D eigenvalue weighted by Gasteiger charge is -2.14. The average Bonchev–Trinajstić information content (AvgIpc) is 3.41. The Kier molecular flexibility index (Phi) is 8.68. The van der Waals surface area contributed by atoms with Crippen LogP contribution in [0.15, 0.2) is 102 Å². The first kappa shape index (κ1) is 27.3. The molecule has 1 heterocycles. The smallest absolute Gasteiger partial charge is 0.234 e. The number of anilines is 1. The highest BCUT2D eigenvalue weighted by molar-refractivity contribution is 7.99. The van der Waals surface area contributed by atoms with Crippen molar-refractivity contribution in [3.8, 4) is 34.3 Å². The second-order valence-electron chi connectivity index (χ2n) is 8.78. The van der Waals surface area contributed by atoms with Crippen molar-refractivity contribution in [2.45, 2.75) is 18.5 Å². The Morgan fingerprint density at radius 3 is 2.35 bits per heavy atom. The number of methoxy groups -OCH3 is 1. The van der Waals surface area contributed by atoms with Crippen LogP contribution in [0.25, 0.3) is 17.1 Å². The minimum atomic E-state index is -0.141. The van der Waals surface area contributed by atoms with Gasteiger partial charge in [-0.05, 0) is 78.7 Å². The molecule has 1 N–H and O–H groups in total. The van der Waals surface area contributed by atoms with E-state index in [1.54, 1.807) is 25.3 Å². The zero-order chi connectivity index (χ0) is 27.9. The van der Waals surface area contributed by atoms with Crippen molar-refractivity contribution >= 4 is 35.0 Å². The molecule has 4 aromatic carbocycles. The Hall–Kier alpha value is -4.27. The van der Waals surface area contributed by atoms with Crippen LogP contribution < -0.4 is 14.8 Å². The lowest BCUT2D eigenvalue weighted by atomic mass is 10.1. The number of hydrogen-bond acceptors (Lipinski definition) is 6. The highest BCUT2D eigenvalue weighted by atomic mass is 35.5. The maximum Gasteiger partial charge on any atom is 0.234 e. The predicted octanol–water partition coefficient (Wildman–Crippen LogP) is 7.68. The average molecular weight is 571 g/mol. The molecule has 0 aliphatic rings. The Balaban J connectivity index is 1.43. The van der Waals surface area contributed by atoms with Crippen molar-refractivity contribution in [1.29, 1.82) is 0 Å². The van der Waals surface area contributed by atoms with E-state index >= 15 is 0 Å². The molecule has 0 saturated heterocycles. The van der Waals surface area contributed by atoms with Gasteiger partial charge in [0, 0.05) is 10.7 Å². The summed E-state index contributed by atoms with van der Waals surface area (Å²) in [7, 11) is 1.59. The second-order valence-corrected chi connectivity index (χ2v) is 10.2. The van der Waals surface area contributed by atoms with Crippen LogP contribution in [0.1, 0.15) is 12.5 Å². The van der Waals surface area contributed by atoms with E-state index in [1.807, 2.05) is 83.4 Å². The van der Waals surface area contributed by atoms with Crippen LogP contribution in [0.5, 0.6) is 17.2 Å². The van der Waals surface area contributed by atoms with E-state index < -0.39 is 0 Å². The fourth-order valence-corrected chi connectivity index (χ4v) is 4.99. The van der Waals surface area contributed by atoms with Crippen LogP contribution in [-0.4, -0.2) is 33.5 Å². The lowest BCUT2D eigenvalue weighted by molar-refractivity contribution is -0.113. The van der Waals surface area contributed by atoms with Gasteiger partial charge in [-0.1, -0.05) is 60.6 Å². The highest BCUT2D eigenvalue weighted by Gasteiger charge is 2.20. The summed E-state index contributed by atoms with van der Waals surface area (Å²) in [6, 6.07) is 30.3. The third kappa shape index (κ3) is 6.47. The Morgan fingerprint density at radius 2 is 1.65 bits per heavy atom. The fourth-order valence-electron chi connectivity index (χ4n) is 4.06. The number of amides is 1. The summed E-state index contributed by atoms with van der Waals surface area (Å²) >= 11 is 7.63. The number of benzene rings is 4. The Bertz CT molecular complexity index is 1590. The molecule has 0 bridgehead atoms. The van der Waals surface area contributed by atoms with Gasteiger partial charge in [0.25, 0.3) is 0 Å². The minimum absolute atomic E-state index is 0.141. The van der Waals surface area contributed by atoms with Gasteiger partial charge in [-0.15, -0.1) is 10.2 Å². The Morgan fingerprint density at radius 1 is 0.925 bits per heavy atom. The van der Waals surface area contributed by atoms with Gasteiger partial charge in [-0.2, -0.15) is 0 Å². The molecule has 0 aliphatic heterocycles. The van der Waals surface area contributed by atoms with E-state index in [9.17, 15) is 4.79 Å². The SMILES string of the molecule is CCc1ccc(NC(=O)CSc2nnc(-c3cc(Cl)ccc3OC)n2-c2ccc(Oc3ccccc3)cc2)cc1. The maximum absolute atomic E-state index is 12.8. The van der Waals surface area contributed by atoms with Crippen molar-refractivity contribution in [2.75, 3.05) is 18.2 Å². The van der Waals surface area contributed by atoms with Crippen LogP contribution in [0.3, 0.4) is 0 Å². The summed E-state index contributed by atoms with van der Waals surface area (Å²) < 4.78 is 13.4. The Labute approximate surface area is 242 Å². The van der Waals surface area contributed by atoms with E-state index in [2.05, 4.69) is 22.4 Å². The van der Waals surface area contributed by atoms with Gasteiger partial charge in [0.15, 0.2) is 11.0 Å². The molecule has 0 fully saturated rings. The molecule has 1 amide bonds. The van der Waals surface area contributed by atoms with Crippen molar-refractivity contribution in [1.82, 2.24) is 14.8 Å². The molecule has 0 saturated carbocycles. The van der Waals surface area contributed by atoms with E-state index in [0.29, 0.717) is 33.1 Å².